The van der Waals surface area contributed by atoms with Crippen molar-refractivity contribution < 1.29 is 0 Å². The van der Waals surface area contributed by atoms with Crippen molar-refractivity contribution in [1.82, 2.24) is 4.98 Å². The van der Waals surface area contributed by atoms with Gasteiger partial charge in [0.05, 0.1) is 11.4 Å². The van der Waals surface area contributed by atoms with Crippen LogP contribution in [0, 0.1) is 0 Å². The van der Waals surface area contributed by atoms with E-state index in [1.807, 2.05) is 19.1 Å². The third-order valence-corrected chi connectivity index (χ3v) is 2.31. The maximum Gasteiger partial charge on any atom is 0.0924 e. The maximum absolute atomic E-state index is 4.34. The highest BCUT2D eigenvalue weighted by Crippen LogP contribution is 2.31. The molecule has 2 rings (SSSR count). The van der Waals surface area contributed by atoms with E-state index >= 15 is 0 Å². The van der Waals surface area contributed by atoms with Crippen molar-refractivity contribution in [2.24, 2.45) is 4.99 Å². The Morgan fingerprint density at radius 1 is 1.57 bits per heavy atom. The third-order valence-electron chi connectivity index (χ3n) is 2.31. The summed E-state index contributed by atoms with van der Waals surface area (Å²) in [5.74, 6) is 0. The van der Waals surface area contributed by atoms with E-state index in [9.17, 15) is 0 Å². The summed E-state index contributed by atoms with van der Waals surface area (Å²) in [6.45, 7) is 5.71. The highest BCUT2D eigenvalue weighted by Gasteiger charge is 2.19. The molecule has 0 fully saturated rings. The highest BCUT2D eigenvalue weighted by atomic mass is 14.8. The molecule has 0 N–H and O–H groups in total. The molecular formula is C12H12N2. The second-order valence-corrected chi connectivity index (χ2v) is 3.15. The van der Waals surface area contributed by atoms with Crippen molar-refractivity contribution in [3.05, 3.63) is 47.8 Å². The van der Waals surface area contributed by atoms with Gasteiger partial charge in [-0.2, -0.15) is 0 Å². The largest absolute Gasteiger partial charge is 0.259 e. The predicted octanol–water partition coefficient (Wildman–Crippen LogP) is 2.63. The summed E-state index contributed by atoms with van der Waals surface area (Å²) in [4.78, 5) is 8.68. The molecule has 0 spiro atoms. The quantitative estimate of drug-likeness (QED) is 0.648. The van der Waals surface area contributed by atoms with Crippen molar-refractivity contribution in [3.63, 3.8) is 0 Å². The van der Waals surface area contributed by atoms with Gasteiger partial charge >= 0.3 is 0 Å². The van der Waals surface area contributed by atoms with Crippen LogP contribution in [0.1, 0.15) is 18.2 Å². The predicted molar refractivity (Wildman–Crippen MR) is 59.2 cm³/mol. The van der Waals surface area contributed by atoms with Crippen LogP contribution in [0.3, 0.4) is 0 Å². The first-order valence-corrected chi connectivity index (χ1v) is 4.65. The summed E-state index contributed by atoms with van der Waals surface area (Å²) in [6, 6.07) is 4.04. The minimum atomic E-state index is 0.902. The van der Waals surface area contributed by atoms with Gasteiger partial charge in [-0.15, -0.1) is 0 Å². The first-order chi connectivity index (χ1) is 6.86. The molecule has 1 aromatic heterocycles. The molecule has 0 aliphatic heterocycles. The summed E-state index contributed by atoms with van der Waals surface area (Å²) in [5, 5.41) is 0. The average molecular weight is 184 g/mol. The SMILES string of the molecule is C=CC1=C(N=CC)c2ncccc2C1. The first-order valence-electron chi connectivity index (χ1n) is 4.65. The topological polar surface area (TPSA) is 25.2 Å². The van der Waals surface area contributed by atoms with Crippen LogP contribution in [0.4, 0.5) is 0 Å². The number of pyridine rings is 1. The molecule has 0 unspecified atom stereocenters. The van der Waals surface area contributed by atoms with Crippen LogP contribution in [0.15, 0.2) is 41.6 Å². The van der Waals surface area contributed by atoms with E-state index in [1.54, 1.807) is 12.4 Å². The normalized spacial score (nSPS) is 14.9. The third kappa shape index (κ3) is 1.29. The van der Waals surface area contributed by atoms with Crippen molar-refractivity contribution >= 4 is 11.9 Å². The van der Waals surface area contributed by atoms with Crippen LogP contribution in [0.2, 0.25) is 0 Å². The molecule has 0 saturated heterocycles. The van der Waals surface area contributed by atoms with Crippen molar-refractivity contribution in [2.75, 3.05) is 0 Å². The monoisotopic (exact) mass is 184 g/mol. The fourth-order valence-corrected chi connectivity index (χ4v) is 1.68. The fourth-order valence-electron chi connectivity index (χ4n) is 1.68. The van der Waals surface area contributed by atoms with Gasteiger partial charge in [-0.3, -0.25) is 9.98 Å². The van der Waals surface area contributed by atoms with E-state index < -0.39 is 0 Å². The summed E-state index contributed by atoms with van der Waals surface area (Å²) in [5.41, 5.74) is 4.37. The second kappa shape index (κ2) is 3.58. The molecule has 0 aromatic carbocycles. The van der Waals surface area contributed by atoms with E-state index in [2.05, 4.69) is 22.6 Å². The summed E-state index contributed by atoms with van der Waals surface area (Å²) >= 11 is 0. The van der Waals surface area contributed by atoms with Gasteiger partial charge < -0.3 is 0 Å². The van der Waals surface area contributed by atoms with Crippen LogP contribution in [0.25, 0.3) is 5.70 Å². The lowest BCUT2D eigenvalue weighted by Gasteiger charge is -1.97. The Morgan fingerprint density at radius 3 is 3.14 bits per heavy atom. The minimum absolute atomic E-state index is 0.902. The number of hydrogen-bond donors (Lipinski definition) is 0. The zero-order valence-corrected chi connectivity index (χ0v) is 8.20. The number of nitrogens with zero attached hydrogens (tertiary/aromatic N) is 2. The Hall–Kier alpha value is -1.70. The Balaban J connectivity index is 2.56. The molecule has 0 saturated carbocycles. The lowest BCUT2D eigenvalue weighted by molar-refractivity contribution is 1.18. The molecule has 2 nitrogen and oxygen atoms in total. The molecule has 70 valence electrons. The van der Waals surface area contributed by atoms with Gasteiger partial charge in [0.15, 0.2) is 0 Å². The highest BCUT2D eigenvalue weighted by molar-refractivity contribution is 5.79. The summed E-state index contributed by atoms with van der Waals surface area (Å²) in [7, 11) is 0. The molecule has 2 heteroatoms. The Bertz CT molecular complexity index is 428. The van der Waals surface area contributed by atoms with E-state index in [4.69, 9.17) is 0 Å². The number of aromatic nitrogens is 1. The van der Waals surface area contributed by atoms with Crippen molar-refractivity contribution in [2.45, 2.75) is 13.3 Å². The number of fused-ring (bicyclic) bond motifs is 1. The molecular weight excluding hydrogens is 172 g/mol. The minimum Gasteiger partial charge on any atom is -0.259 e. The van der Waals surface area contributed by atoms with Gasteiger partial charge in [0.2, 0.25) is 0 Å². The zero-order valence-electron chi connectivity index (χ0n) is 8.20. The average Bonchev–Trinajstić information content (AvgIpc) is 2.58. The van der Waals surface area contributed by atoms with Gasteiger partial charge in [0.25, 0.3) is 0 Å². The Kier molecular flexibility index (Phi) is 2.27. The van der Waals surface area contributed by atoms with Gasteiger partial charge in [0.1, 0.15) is 0 Å². The molecule has 0 radical (unpaired) electrons. The lowest BCUT2D eigenvalue weighted by atomic mass is 10.2. The number of rotatable bonds is 2. The second-order valence-electron chi connectivity index (χ2n) is 3.15. The summed E-state index contributed by atoms with van der Waals surface area (Å²) in [6.07, 6.45) is 6.36. The zero-order chi connectivity index (χ0) is 9.97. The number of allylic oxidation sites excluding steroid dienone is 2. The summed E-state index contributed by atoms with van der Waals surface area (Å²) < 4.78 is 0. The van der Waals surface area contributed by atoms with Crippen LogP contribution < -0.4 is 0 Å². The van der Waals surface area contributed by atoms with Gasteiger partial charge in [-0.05, 0) is 24.1 Å². The molecule has 0 bridgehead atoms. The van der Waals surface area contributed by atoms with Crippen molar-refractivity contribution in [3.8, 4) is 0 Å². The molecule has 0 atom stereocenters. The molecule has 0 amide bonds. The standard InChI is InChI=1S/C12H12N2/c1-3-9-8-10-6-5-7-14-12(10)11(9)13-4-2/h3-7H,1,8H2,2H3. The number of hydrogen-bond acceptors (Lipinski definition) is 2. The maximum atomic E-state index is 4.34. The van der Waals surface area contributed by atoms with Crippen molar-refractivity contribution in [1.29, 1.82) is 0 Å². The molecule has 1 aliphatic carbocycles. The van der Waals surface area contributed by atoms with E-state index in [-0.39, 0.29) is 0 Å². The molecule has 1 aromatic rings. The smallest absolute Gasteiger partial charge is 0.0924 e. The number of aliphatic imine (C=N–C) groups is 1. The van der Waals surface area contributed by atoms with Crippen LogP contribution in [0.5, 0.6) is 0 Å². The van der Waals surface area contributed by atoms with Gasteiger partial charge in [-0.1, -0.05) is 18.7 Å². The Labute approximate surface area is 83.7 Å². The van der Waals surface area contributed by atoms with Crippen LogP contribution in [-0.2, 0) is 6.42 Å². The molecule has 14 heavy (non-hydrogen) atoms. The van der Waals surface area contributed by atoms with Gasteiger partial charge in [0, 0.05) is 18.8 Å². The van der Waals surface area contributed by atoms with E-state index in [0.29, 0.717) is 0 Å². The Morgan fingerprint density at radius 2 is 2.43 bits per heavy atom. The van der Waals surface area contributed by atoms with Gasteiger partial charge in [-0.25, -0.2) is 0 Å². The van der Waals surface area contributed by atoms with E-state index in [0.717, 1.165) is 23.4 Å². The van der Waals surface area contributed by atoms with E-state index in [1.165, 1.54) is 5.56 Å². The van der Waals surface area contributed by atoms with Crippen LogP contribution >= 0.6 is 0 Å². The first kappa shape index (κ1) is 8.88. The molecule has 1 heterocycles. The fraction of sp³-hybridized carbons (Fsp3) is 0.167. The van der Waals surface area contributed by atoms with Crippen LogP contribution in [-0.4, -0.2) is 11.2 Å². The lowest BCUT2D eigenvalue weighted by Crippen LogP contribution is -1.86. The molecule has 1 aliphatic rings.